The van der Waals surface area contributed by atoms with E-state index in [0.29, 0.717) is 12.6 Å². The smallest absolute Gasteiger partial charge is 0.251 e. The zero-order valence-corrected chi connectivity index (χ0v) is 10.5. The van der Waals surface area contributed by atoms with Crippen molar-refractivity contribution >= 4 is 17.7 Å². The Labute approximate surface area is 101 Å². The van der Waals surface area contributed by atoms with Gasteiger partial charge in [-0.15, -0.1) is 0 Å². The Hall–Kier alpha value is -0.260. The lowest BCUT2D eigenvalue weighted by Gasteiger charge is -2.26. The molecule has 4 nitrogen and oxygen atoms in total. The number of thioether (sulfide) groups is 1. The van der Waals surface area contributed by atoms with Gasteiger partial charge in [-0.25, -0.2) is 0 Å². The number of carbonyl (C=O) groups is 1. The molecule has 2 rings (SSSR count). The van der Waals surface area contributed by atoms with Crippen LogP contribution >= 0.6 is 11.8 Å². The van der Waals surface area contributed by atoms with Crippen LogP contribution in [0.3, 0.4) is 0 Å². The molecule has 2 N–H and O–H groups in total. The number of nitrogens with two attached hydrogens (primary N) is 1. The highest BCUT2D eigenvalue weighted by molar-refractivity contribution is 7.99. The van der Waals surface area contributed by atoms with Crippen molar-refractivity contribution in [2.24, 2.45) is 5.73 Å². The fourth-order valence-electron chi connectivity index (χ4n) is 2.30. The van der Waals surface area contributed by atoms with Crippen LogP contribution in [0, 0.1) is 0 Å². The Morgan fingerprint density at radius 1 is 1.50 bits per heavy atom. The van der Waals surface area contributed by atoms with Gasteiger partial charge in [0, 0.05) is 25.4 Å². The second-order valence-corrected chi connectivity index (χ2v) is 5.68. The van der Waals surface area contributed by atoms with Crippen molar-refractivity contribution in [2.45, 2.75) is 37.5 Å². The molecule has 2 heterocycles. The number of ether oxygens (including phenoxy) is 1. The monoisotopic (exact) mass is 244 g/mol. The van der Waals surface area contributed by atoms with Crippen molar-refractivity contribution in [3.63, 3.8) is 0 Å². The molecule has 0 aliphatic carbocycles. The third-order valence-corrected chi connectivity index (χ3v) is 4.59. The molecule has 92 valence electrons. The molecule has 2 saturated heterocycles. The van der Waals surface area contributed by atoms with Crippen molar-refractivity contribution in [1.29, 1.82) is 0 Å². The van der Waals surface area contributed by atoms with Gasteiger partial charge in [0.2, 0.25) is 0 Å². The van der Waals surface area contributed by atoms with Gasteiger partial charge in [0.05, 0.1) is 6.10 Å². The lowest BCUT2D eigenvalue weighted by atomic mass is 10.1. The van der Waals surface area contributed by atoms with Crippen molar-refractivity contribution in [3.8, 4) is 0 Å². The summed E-state index contributed by atoms with van der Waals surface area (Å²) in [6.07, 6.45) is 2.69. The van der Waals surface area contributed by atoms with Crippen LogP contribution in [0.2, 0.25) is 0 Å². The molecule has 2 aliphatic heterocycles. The van der Waals surface area contributed by atoms with Crippen LogP contribution in [0.5, 0.6) is 0 Å². The third kappa shape index (κ3) is 2.52. The summed E-state index contributed by atoms with van der Waals surface area (Å²) in [6.45, 7) is 0.521. The van der Waals surface area contributed by atoms with Crippen molar-refractivity contribution in [2.75, 3.05) is 25.1 Å². The third-order valence-electron chi connectivity index (χ3n) is 3.45. The molecule has 2 fully saturated rings. The van der Waals surface area contributed by atoms with Gasteiger partial charge >= 0.3 is 0 Å². The molecule has 0 saturated carbocycles. The molecule has 0 spiro atoms. The van der Waals surface area contributed by atoms with Crippen LogP contribution < -0.4 is 5.73 Å². The van der Waals surface area contributed by atoms with Gasteiger partial charge in [-0.1, -0.05) is 0 Å². The molecule has 5 heteroatoms. The van der Waals surface area contributed by atoms with Crippen LogP contribution in [-0.4, -0.2) is 54.2 Å². The van der Waals surface area contributed by atoms with E-state index in [1.54, 1.807) is 0 Å². The fourth-order valence-corrected chi connectivity index (χ4v) is 3.56. The number of carbonyl (C=O) groups excluding carboxylic acids is 1. The summed E-state index contributed by atoms with van der Waals surface area (Å²) >= 11 is 1.92. The SMILES string of the molecule is CN(C(=O)[C@@H]1CC[C@H](CN)O1)C1CCSC1. The van der Waals surface area contributed by atoms with Gasteiger partial charge in [0.1, 0.15) is 6.10 Å². The lowest BCUT2D eigenvalue weighted by molar-refractivity contribution is -0.143. The van der Waals surface area contributed by atoms with Crippen molar-refractivity contribution < 1.29 is 9.53 Å². The number of rotatable bonds is 3. The first kappa shape index (κ1) is 12.2. The maximum absolute atomic E-state index is 12.1. The minimum atomic E-state index is -0.246. The van der Waals surface area contributed by atoms with Gasteiger partial charge in [-0.2, -0.15) is 11.8 Å². The second-order valence-electron chi connectivity index (χ2n) is 4.53. The molecule has 16 heavy (non-hydrogen) atoms. The minimum absolute atomic E-state index is 0.0836. The topological polar surface area (TPSA) is 55.6 Å². The Morgan fingerprint density at radius 3 is 2.88 bits per heavy atom. The highest BCUT2D eigenvalue weighted by Crippen LogP contribution is 2.25. The normalized spacial score (nSPS) is 34.2. The summed E-state index contributed by atoms with van der Waals surface area (Å²) in [5, 5.41) is 0. The summed E-state index contributed by atoms with van der Waals surface area (Å²) < 4.78 is 5.63. The average molecular weight is 244 g/mol. The van der Waals surface area contributed by atoms with Crippen molar-refractivity contribution in [3.05, 3.63) is 0 Å². The zero-order valence-electron chi connectivity index (χ0n) is 9.72. The van der Waals surface area contributed by atoms with E-state index in [1.165, 1.54) is 5.75 Å². The number of nitrogens with zero attached hydrogens (tertiary/aromatic N) is 1. The zero-order chi connectivity index (χ0) is 11.5. The average Bonchev–Trinajstić information content (AvgIpc) is 2.97. The van der Waals surface area contributed by atoms with E-state index in [9.17, 15) is 4.79 Å². The molecular formula is C11H20N2O2S. The van der Waals surface area contributed by atoms with Crippen LogP contribution in [0.25, 0.3) is 0 Å². The molecule has 0 aromatic rings. The van der Waals surface area contributed by atoms with Crippen LogP contribution in [0.15, 0.2) is 0 Å². The summed E-state index contributed by atoms with van der Waals surface area (Å²) in [6, 6.07) is 0.401. The Kier molecular flexibility index (Phi) is 4.10. The highest BCUT2D eigenvalue weighted by Gasteiger charge is 2.34. The van der Waals surface area contributed by atoms with Crippen molar-refractivity contribution in [1.82, 2.24) is 4.90 Å². The first-order valence-corrected chi connectivity index (χ1v) is 7.07. The van der Waals surface area contributed by atoms with E-state index in [2.05, 4.69) is 0 Å². The molecule has 2 aliphatic rings. The summed E-state index contributed by atoms with van der Waals surface area (Å²) in [7, 11) is 1.90. The molecule has 0 aromatic heterocycles. The van der Waals surface area contributed by atoms with Crippen LogP contribution in [0.4, 0.5) is 0 Å². The maximum atomic E-state index is 12.1. The Bertz CT molecular complexity index is 256. The quantitative estimate of drug-likeness (QED) is 0.783. The largest absolute Gasteiger partial charge is 0.364 e. The second kappa shape index (κ2) is 5.38. The number of hydrogen-bond acceptors (Lipinski definition) is 4. The van der Waals surface area contributed by atoms with E-state index in [4.69, 9.17) is 10.5 Å². The lowest BCUT2D eigenvalue weighted by Crippen LogP contribution is -2.43. The van der Waals surface area contributed by atoms with Crippen LogP contribution in [-0.2, 0) is 9.53 Å². The molecule has 0 aromatic carbocycles. The van der Waals surface area contributed by atoms with Gasteiger partial charge in [-0.3, -0.25) is 4.79 Å². The number of likely N-dealkylation sites (N-methyl/N-ethyl adjacent to an activating group) is 1. The van der Waals surface area contributed by atoms with E-state index in [0.717, 1.165) is 25.0 Å². The molecule has 3 atom stereocenters. The van der Waals surface area contributed by atoms with Gasteiger partial charge in [-0.05, 0) is 25.0 Å². The molecule has 0 radical (unpaired) electrons. The molecule has 1 unspecified atom stereocenters. The first-order valence-electron chi connectivity index (χ1n) is 5.92. The summed E-state index contributed by atoms with van der Waals surface area (Å²) in [5.41, 5.74) is 5.54. The molecular weight excluding hydrogens is 224 g/mol. The van der Waals surface area contributed by atoms with E-state index < -0.39 is 0 Å². The minimum Gasteiger partial charge on any atom is -0.364 e. The summed E-state index contributed by atoms with van der Waals surface area (Å²) in [5.74, 6) is 2.37. The predicted octanol–water partition coefficient (Wildman–Crippen LogP) is 0.457. The number of hydrogen-bond donors (Lipinski definition) is 1. The summed E-state index contributed by atoms with van der Waals surface area (Å²) in [4.78, 5) is 14.0. The van der Waals surface area contributed by atoms with E-state index >= 15 is 0 Å². The van der Waals surface area contributed by atoms with E-state index in [-0.39, 0.29) is 18.1 Å². The Morgan fingerprint density at radius 2 is 2.31 bits per heavy atom. The first-order chi connectivity index (χ1) is 7.72. The molecule has 0 bridgehead atoms. The highest BCUT2D eigenvalue weighted by atomic mass is 32.2. The van der Waals surface area contributed by atoms with Crippen LogP contribution in [0.1, 0.15) is 19.3 Å². The van der Waals surface area contributed by atoms with Gasteiger partial charge in [0.25, 0.3) is 5.91 Å². The molecule has 1 amide bonds. The maximum Gasteiger partial charge on any atom is 0.251 e. The van der Waals surface area contributed by atoms with Gasteiger partial charge < -0.3 is 15.4 Å². The predicted molar refractivity (Wildman–Crippen MR) is 65.4 cm³/mol. The van der Waals surface area contributed by atoms with Gasteiger partial charge in [0.15, 0.2) is 0 Å². The Balaban J connectivity index is 1.87. The fraction of sp³-hybridized carbons (Fsp3) is 0.909. The van der Waals surface area contributed by atoms with E-state index in [1.807, 2.05) is 23.7 Å². The standard InChI is InChI=1S/C11H20N2O2S/c1-13(8-4-5-16-7-8)11(14)10-3-2-9(6-12)15-10/h8-10H,2-7,12H2,1H3/t8?,9-,10+/m1/s1. The number of amides is 1.